The minimum atomic E-state index is -0.426. The van der Waals surface area contributed by atoms with E-state index in [1.165, 1.54) is 23.9 Å². The number of hydrogen-bond acceptors (Lipinski definition) is 5. The van der Waals surface area contributed by atoms with Gasteiger partial charge in [-0.1, -0.05) is 0 Å². The van der Waals surface area contributed by atoms with E-state index in [2.05, 4.69) is 17.3 Å². The van der Waals surface area contributed by atoms with Crippen molar-refractivity contribution in [2.75, 3.05) is 20.1 Å². The van der Waals surface area contributed by atoms with Gasteiger partial charge in [0, 0.05) is 23.1 Å². The summed E-state index contributed by atoms with van der Waals surface area (Å²) in [5.41, 5.74) is 0.0628. The number of amides is 1. The van der Waals surface area contributed by atoms with Crippen LogP contribution in [0.25, 0.3) is 0 Å². The fraction of sp³-hybridized carbons (Fsp3) is 0.533. The van der Waals surface area contributed by atoms with Crippen LogP contribution >= 0.6 is 11.8 Å². The maximum atomic E-state index is 12.2. The van der Waals surface area contributed by atoms with E-state index in [9.17, 15) is 14.9 Å². The molecule has 0 bridgehead atoms. The second kappa shape index (κ2) is 7.60. The zero-order valence-electron chi connectivity index (χ0n) is 12.8. The predicted molar refractivity (Wildman–Crippen MR) is 87.1 cm³/mol. The molecule has 0 aromatic heterocycles. The van der Waals surface area contributed by atoms with Crippen molar-refractivity contribution in [2.24, 2.45) is 0 Å². The molecule has 120 valence electrons. The molecule has 1 amide bonds. The number of likely N-dealkylation sites (tertiary alicyclic amines) is 1. The average Bonchev–Trinajstić information content (AvgIpc) is 2.50. The van der Waals surface area contributed by atoms with Gasteiger partial charge in [0.05, 0.1) is 10.2 Å². The lowest BCUT2D eigenvalue weighted by Crippen LogP contribution is -2.45. The van der Waals surface area contributed by atoms with Crippen LogP contribution in [0.4, 0.5) is 5.69 Å². The van der Waals surface area contributed by atoms with Crippen molar-refractivity contribution in [3.8, 4) is 0 Å². The van der Waals surface area contributed by atoms with Crippen LogP contribution in [0.3, 0.4) is 0 Å². The number of rotatable bonds is 5. The topological polar surface area (TPSA) is 75.5 Å². The molecule has 1 aliphatic heterocycles. The second-order valence-corrected chi connectivity index (χ2v) is 7.01. The van der Waals surface area contributed by atoms with Crippen LogP contribution in [0.1, 0.15) is 19.8 Å². The van der Waals surface area contributed by atoms with E-state index in [4.69, 9.17) is 0 Å². The van der Waals surface area contributed by atoms with Gasteiger partial charge in [0.25, 0.3) is 5.69 Å². The van der Waals surface area contributed by atoms with Gasteiger partial charge in [0.2, 0.25) is 5.91 Å². The third-order valence-electron chi connectivity index (χ3n) is 3.79. The first-order valence-corrected chi connectivity index (χ1v) is 8.23. The van der Waals surface area contributed by atoms with Crippen LogP contribution < -0.4 is 5.32 Å². The Kier molecular flexibility index (Phi) is 5.79. The summed E-state index contributed by atoms with van der Waals surface area (Å²) in [5.74, 6) is 0.0258. The lowest BCUT2D eigenvalue weighted by atomic mass is 10.1. The SMILES string of the molecule is C[C@@H](Sc1ccc([N+](=O)[O-])cc1)C(=O)NC1CCN(C)CC1. The van der Waals surface area contributed by atoms with Gasteiger partial charge >= 0.3 is 0 Å². The summed E-state index contributed by atoms with van der Waals surface area (Å²) in [5, 5.41) is 13.5. The standard InChI is InChI=1S/C15H21N3O3S/c1-11(15(19)16-12-7-9-17(2)10-8-12)22-14-5-3-13(4-6-14)18(20)21/h3-6,11-12H,7-10H2,1-2H3,(H,16,19)/t11-/m1/s1. The smallest absolute Gasteiger partial charge is 0.269 e. The van der Waals surface area contributed by atoms with E-state index < -0.39 is 4.92 Å². The van der Waals surface area contributed by atoms with Gasteiger partial charge in [-0.05, 0) is 52.0 Å². The van der Waals surface area contributed by atoms with Gasteiger partial charge < -0.3 is 10.2 Å². The van der Waals surface area contributed by atoms with Gasteiger partial charge in [-0.25, -0.2) is 0 Å². The largest absolute Gasteiger partial charge is 0.352 e. The van der Waals surface area contributed by atoms with E-state index in [-0.39, 0.29) is 22.9 Å². The highest BCUT2D eigenvalue weighted by Crippen LogP contribution is 2.25. The van der Waals surface area contributed by atoms with Crippen molar-refractivity contribution in [1.82, 2.24) is 10.2 Å². The summed E-state index contributed by atoms with van der Waals surface area (Å²) in [7, 11) is 2.09. The molecule has 1 atom stereocenters. The highest BCUT2D eigenvalue weighted by molar-refractivity contribution is 8.00. The van der Waals surface area contributed by atoms with Crippen LogP contribution in [0.5, 0.6) is 0 Å². The summed E-state index contributed by atoms with van der Waals surface area (Å²) in [6.07, 6.45) is 1.97. The number of thioether (sulfide) groups is 1. The summed E-state index contributed by atoms with van der Waals surface area (Å²) in [4.78, 5) is 25.5. The zero-order valence-corrected chi connectivity index (χ0v) is 13.6. The van der Waals surface area contributed by atoms with Crippen LogP contribution in [0.2, 0.25) is 0 Å². The number of nitrogens with one attached hydrogen (secondary N) is 1. The van der Waals surface area contributed by atoms with Crippen LogP contribution in [-0.4, -0.2) is 47.2 Å². The number of hydrogen-bond donors (Lipinski definition) is 1. The number of carbonyl (C=O) groups is 1. The average molecular weight is 323 g/mol. The maximum Gasteiger partial charge on any atom is 0.269 e. The van der Waals surface area contributed by atoms with Crippen molar-refractivity contribution in [3.63, 3.8) is 0 Å². The van der Waals surface area contributed by atoms with E-state index in [0.717, 1.165) is 30.8 Å². The van der Waals surface area contributed by atoms with Crippen molar-refractivity contribution >= 4 is 23.4 Å². The highest BCUT2D eigenvalue weighted by Gasteiger charge is 2.22. The summed E-state index contributed by atoms with van der Waals surface area (Å²) < 4.78 is 0. The summed E-state index contributed by atoms with van der Waals surface area (Å²) >= 11 is 1.42. The highest BCUT2D eigenvalue weighted by atomic mass is 32.2. The molecule has 0 spiro atoms. The van der Waals surface area contributed by atoms with Gasteiger partial charge in [-0.15, -0.1) is 11.8 Å². The molecule has 7 heteroatoms. The fourth-order valence-electron chi connectivity index (χ4n) is 2.38. The van der Waals surface area contributed by atoms with E-state index in [1.54, 1.807) is 12.1 Å². The normalized spacial score (nSPS) is 17.9. The lowest BCUT2D eigenvalue weighted by molar-refractivity contribution is -0.384. The van der Waals surface area contributed by atoms with Crippen molar-refractivity contribution in [2.45, 2.75) is 36.0 Å². The molecule has 22 heavy (non-hydrogen) atoms. The maximum absolute atomic E-state index is 12.2. The molecule has 1 aromatic rings. The third kappa shape index (κ3) is 4.71. The number of non-ortho nitro benzene ring substituents is 1. The Morgan fingerprint density at radius 1 is 1.36 bits per heavy atom. The molecule has 0 unspecified atom stereocenters. The molecular weight excluding hydrogens is 302 g/mol. The molecule has 1 fully saturated rings. The van der Waals surface area contributed by atoms with Crippen LogP contribution in [-0.2, 0) is 4.79 Å². The molecule has 0 radical (unpaired) electrons. The Bertz CT molecular complexity index is 527. The molecule has 1 saturated heterocycles. The van der Waals surface area contributed by atoms with Crippen molar-refractivity contribution in [1.29, 1.82) is 0 Å². The minimum Gasteiger partial charge on any atom is -0.352 e. The summed E-state index contributed by atoms with van der Waals surface area (Å²) in [6, 6.07) is 6.54. The molecule has 1 heterocycles. The first kappa shape index (κ1) is 16.8. The zero-order chi connectivity index (χ0) is 16.1. The van der Waals surface area contributed by atoms with Crippen LogP contribution in [0, 0.1) is 10.1 Å². The Labute approximate surface area is 134 Å². The molecule has 1 N–H and O–H groups in total. The van der Waals surface area contributed by atoms with E-state index in [0.29, 0.717) is 0 Å². The van der Waals surface area contributed by atoms with Gasteiger partial charge in [-0.2, -0.15) is 0 Å². The molecule has 6 nitrogen and oxygen atoms in total. The van der Waals surface area contributed by atoms with Crippen molar-refractivity contribution in [3.05, 3.63) is 34.4 Å². The minimum absolute atomic E-state index is 0.0258. The first-order valence-electron chi connectivity index (χ1n) is 7.35. The first-order chi connectivity index (χ1) is 10.5. The second-order valence-electron chi connectivity index (χ2n) is 5.60. The molecule has 0 aliphatic carbocycles. The molecular formula is C15H21N3O3S. The number of nitrogens with zero attached hydrogens (tertiary/aromatic N) is 2. The fourth-order valence-corrected chi connectivity index (χ4v) is 3.25. The number of benzene rings is 1. The quantitative estimate of drug-likeness (QED) is 0.511. The number of nitro benzene ring substituents is 1. The molecule has 0 saturated carbocycles. The summed E-state index contributed by atoms with van der Waals surface area (Å²) in [6.45, 7) is 3.88. The van der Waals surface area contributed by atoms with Crippen molar-refractivity contribution < 1.29 is 9.72 Å². The number of piperidine rings is 1. The van der Waals surface area contributed by atoms with Crippen LogP contribution in [0.15, 0.2) is 29.2 Å². The Balaban J connectivity index is 1.84. The monoisotopic (exact) mass is 323 g/mol. The number of carbonyl (C=O) groups excluding carboxylic acids is 1. The Morgan fingerprint density at radius 2 is 1.95 bits per heavy atom. The predicted octanol–water partition coefficient (Wildman–Crippen LogP) is 2.29. The molecule has 2 rings (SSSR count). The molecule has 1 aliphatic rings. The van der Waals surface area contributed by atoms with E-state index >= 15 is 0 Å². The van der Waals surface area contributed by atoms with E-state index in [1.807, 2.05) is 6.92 Å². The Hall–Kier alpha value is -1.60. The molecule has 1 aromatic carbocycles. The third-order valence-corrected chi connectivity index (χ3v) is 4.91. The number of nitro groups is 1. The van der Waals surface area contributed by atoms with Gasteiger partial charge in [-0.3, -0.25) is 14.9 Å². The lowest BCUT2D eigenvalue weighted by Gasteiger charge is -2.30. The van der Waals surface area contributed by atoms with Gasteiger partial charge in [0.15, 0.2) is 0 Å². The Morgan fingerprint density at radius 3 is 2.50 bits per heavy atom. The van der Waals surface area contributed by atoms with Gasteiger partial charge in [0.1, 0.15) is 0 Å².